The van der Waals surface area contributed by atoms with E-state index in [2.05, 4.69) is 13.8 Å². The molecule has 0 saturated heterocycles. The van der Waals surface area contributed by atoms with Crippen molar-refractivity contribution in [1.29, 1.82) is 0 Å². The van der Waals surface area contributed by atoms with Gasteiger partial charge in [-0.05, 0) is 36.8 Å². The fraction of sp³-hybridized carbons (Fsp3) is 0.938. The molecule has 2 nitrogen and oxygen atoms in total. The second-order valence-corrected chi connectivity index (χ2v) is 10.8. The average Bonchev–Trinajstić information content (AvgIpc) is 2.85. The van der Waals surface area contributed by atoms with Crippen LogP contribution in [-0.2, 0) is 0 Å². The van der Waals surface area contributed by atoms with E-state index < -0.39 is 0 Å². The first-order chi connectivity index (χ1) is 16.8. The molecule has 0 fully saturated rings. The SMILES string of the molecule is CCCCCCCCCCCCCC/C(CO)=C(\CO)CCCCCCCCCCCCCC. The van der Waals surface area contributed by atoms with E-state index in [4.69, 9.17) is 0 Å². The van der Waals surface area contributed by atoms with Crippen LogP contribution in [0.5, 0.6) is 0 Å². The molecule has 0 aliphatic rings. The summed E-state index contributed by atoms with van der Waals surface area (Å²) >= 11 is 0. The molecular weight excluding hydrogens is 416 g/mol. The molecule has 0 aromatic rings. The summed E-state index contributed by atoms with van der Waals surface area (Å²) in [5.74, 6) is 0. The summed E-state index contributed by atoms with van der Waals surface area (Å²) in [6, 6.07) is 0. The normalized spacial score (nSPS) is 12.4. The molecule has 0 rings (SSSR count). The minimum atomic E-state index is 0.131. The number of hydrogen-bond donors (Lipinski definition) is 2. The zero-order valence-corrected chi connectivity index (χ0v) is 23.7. The number of rotatable bonds is 28. The number of aliphatic hydroxyl groups excluding tert-OH is 2. The van der Waals surface area contributed by atoms with Gasteiger partial charge in [-0.2, -0.15) is 0 Å². The van der Waals surface area contributed by atoms with Crippen LogP contribution in [0, 0.1) is 0 Å². The quantitative estimate of drug-likeness (QED) is 0.0863. The van der Waals surface area contributed by atoms with Crippen LogP contribution in [0.2, 0.25) is 0 Å². The average molecular weight is 481 g/mol. The van der Waals surface area contributed by atoms with Gasteiger partial charge in [-0.25, -0.2) is 0 Å². The molecule has 0 bridgehead atoms. The fourth-order valence-electron chi connectivity index (χ4n) is 5.09. The molecule has 0 saturated carbocycles. The van der Waals surface area contributed by atoms with Gasteiger partial charge < -0.3 is 10.2 Å². The molecule has 0 aliphatic carbocycles. The van der Waals surface area contributed by atoms with Gasteiger partial charge in [0.15, 0.2) is 0 Å². The van der Waals surface area contributed by atoms with Crippen LogP contribution < -0.4 is 0 Å². The Balaban J connectivity index is 3.67. The summed E-state index contributed by atoms with van der Waals surface area (Å²) in [7, 11) is 0. The summed E-state index contributed by atoms with van der Waals surface area (Å²) in [4.78, 5) is 0. The number of unbranched alkanes of at least 4 members (excludes halogenated alkanes) is 22. The van der Waals surface area contributed by atoms with Gasteiger partial charge in [0.25, 0.3) is 0 Å². The van der Waals surface area contributed by atoms with Crippen LogP contribution in [0.25, 0.3) is 0 Å². The van der Waals surface area contributed by atoms with Crippen molar-refractivity contribution < 1.29 is 10.2 Å². The molecule has 204 valence electrons. The number of hydrogen-bond acceptors (Lipinski definition) is 2. The first-order valence-electron chi connectivity index (χ1n) is 15.7. The lowest BCUT2D eigenvalue weighted by Crippen LogP contribution is -2.02. The predicted molar refractivity (Wildman–Crippen MR) is 153 cm³/mol. The zero-order valence-electron chi connectivity index (χ0n) is 23.7. The molecule has 0 atom stereocenters. The highest BCUT2D eigenvalue weighted by atomic mass is 16.3. The Morgan fingerprint density at radius 1 is 0.324 bits per heavy atom. The Morgan fingerprint density at radius 3 is 0.735 bits per heavy atom. The fourth-order valence-corrected chi connectivity index (χ4v) is 5.09. The van der Waals surface area contributed by atoms with Crippen molar-refractivity contribution in [2.75, 3.05) is 13.2 Å². The van der Waals surface area contributed by atoms with Crippen molar-refractivity contribution in [2.45, 2.75) is 181 Å². The maximum Gasteiger partial charge on any atom is 0.0645 e. The topological polar surface area (TPSA) is 40.5 Å². The molecule has 0 aromatic carbocycles. The van der Waals surface area contributed by atoms with Gasteiger partial charge in [-0.1, -0.05) is 155 Å². The van der Waals surface area contributed by atoms with Gasteiger partial charge in [-0.3, -0.25) is 0 Å². The lowest BCUT2D eigenvalue weighted by Gasteiger charge is -2.12. The Morgan fingerprint density at radius 2 is 0.529 bits per heavy atom. The smallest absolute Gasteiger partial charge is 0.0645 e. The van der Waals surface area contributed by atoms with Crippen molar-refractivity contribution in [2.24, 2.45) is 0 Å². The van der Waals surface area contributed by atoms with Crippen LogP contribution in [0.3, 0.4) is 0 Å². The van der Waals surface area contributed by atoms with E-state index in [1.807, 2.05) is 0 Å². The van der Waals surface area contributed by atoms with Crippen molar-refractivity contribution in [1.82, 2.24) is 0 Å². The largest absolute Gasteiger partial charge is 0.392 e. The third kappa shape index (κ3) is 23.4. The molecule has 2 heteroatoms. The van der Waals surface area contributed by atoms with E-state index in [1.165, 1.54) is 141 Å². The molecule has 0 unspecified atom stereocenters. The Hall–Kier alpha value is -0.340. The van der Waals surface area contributed by atoms with E-state index in [1.54, 1.807) is 0 Å². The Bertz CT molecular complexity index is 377. The molecule has 0 spiro atoms. The summed E-state index contributed by atoms with van der Waals surface area (Å²) in [6.45, 7) is 4.83. The van der Waals surface area contributed by atoms with Crippen molar-refractivity contribution in [3.05, 3.63) is 11.1 Å². The highest BCUT2D eigenvalue weighted by molar-refractivity contribution is 5.15. The highest BCUT2D eigenvalue weighted by Gasteiger charge is 2.06. The molecular formula is C32H64O2. The van der Waals surface area contributed by atoms with E-state index >= 15 is 0 Å². The highest BCUT2D eigenvalue weighted by Crippen LogP contribution is 2.20. The minimum Gasteiger partial charge on any atom is -0.392 e. The van der Waals surface area contributed by atoms with Gasteiger partial charge in [0, 0.05) is 0 Å². The van der Waals surface area contributed by atoms with Crippen LogP contribution in [0.1, 0.15) is 181 Å². The minimum absolute atomic E-state index is 0.131. The summed E-state index contributed by atoms with van der Waals surface area (Å²) < 4.78 is 0. The van der Waals surface area contributed by atoms with Gasteiger partial charge in [0.2, 0.25) is 0 Å². The molecule has 0 amide bonds. The van der Waals surface area contributed by atoms with Gasteiger partial charge in [0.05, 0.1) is 13.2 Å². The lowest BCUT2D eigenvalue weighted by atomic mass is 9.97. The Labute approximate surface area is 215 Å². The monoisotopic (exact) mass is 480 g/mol. The van der Waals surface area contributed by atoms with Crippen molar-refractivity contribution >= 4 is 0 Å². The van der Waals surface area contributed by atoms with Gasteiger partial charge in [0.1, 0.15) is 0 Å². The van der Waals surface area contributed by atoms with E-state index in [9.17, 15) is 10.2 Å². The molecule has 0 radical (unpaired) electrons. The van der Waals surface area contributed by atoms with Crippen LogP contribution in [0.4, 0.5) is 0 Å². The van der Waals surface area contributed by atoms with Crippen molar-refractivity contribution in [3.8, 4) is 0 Å². The first kappa shape index (κ1) is 33.7. The molecule has 34 heavy (non-hydrogen) atoms. The second kappa shape index (κ2) is 28.9. The van der Waals surface area contributed by atoms with Crippen LogP contribution >= 0.6 is 0 Å². The van der Waals surface area contributed by atoms with Gasteiger partial charge in [-0.15, -0.1) is 0 Å². The lowest BCUT2D eigenvalue weighted by molar-refractivity contribution is 0.302. The molecule has 0 heterocycles. The summed E-state index contributed by atoms with van der Waals surface area (Å²) in [5.41, 5.74) is 2.25. The van der Waals surface area contributed by atoms with Gasteiger partial charge >= 0.3 is 0 Å². The molecule has 2 N–H and O–H groups in total. The van der Waals surface area contributed by atoms with E-state index in [-0.39, 0.29) is 13.2 Å². The predicted octanol–water partition coefficient (Wildman–Crippen LogP) is 10.4. The summed E-state index contributed by atoms with van der Waals surface area (Å²) in [5, 5.41) is 19.7. The van der Waals surface area contributed by atoms with E-state index in [0.29, 0.717) is 0 Å². The maximum absolute atomic E-state index is 9.83. The Kier molecular flexibility index (Phi) is 28.6. The molecule has 0 aromatic heterocycles. The first-order valence-corrected chi connectivity index (χ1v) is 15.7. The van der Waals surface area contributed by atoms with Crippen molar-refractivity contribution in [3.63, 3.8) is 0 Å². The van der Waals surface area contributed by atoms with E-state index in [0.717, 1.165) is 36.8 Å². The van der Waals surface area contributed by atoms with Crippen LogP contribution in [-0.4, -0.2) is 23.4 Å². The third-order valence-electron chi connectivity index (χ3n) is 7.55. The third-order valence-corrected chi connectivity index (χ3v) is 7.55. The maximum atomic E-state index is 9.83. The molecule has 0 aliphatic heterocycles. The second-order valence-electron chi connectivity index (χ2n) is 10.8. The zero-order chi connectivity index (χ0) is 25.0. The van der Waals surface area contributed by atoms with Crippen LogP contribution in [0.15, 0.2) is 11.1 Å². The standard InChI is InChI=1S/C32H64O2/c1-3-5-7-9-11-13-15-17-19-21-23-25-27-31(29-33)32(30-34)28-26-24-22-20-18-16-14-12-10-8-6-4-2/h33-34H,3-30H2,1-2H3/b32-31+. The summed E-state index contributed by atoms with van der Waals surface area (Å²) in [6.07, 6.45) is 34.6. The number of aliphatic hydroxyl groups is 2.